The summed E-state index contributed by atoms with van der Waals surface area (Å²) in [5.41, 5.74) is 1.65. The van der Waals surface area contributed by atoms with Crippen molar-refractivity contribution in [3.63, 3.8) is 0 Å². The number of hydrogen-bond donors (Lipinski definition) is 1. The van der Waals surface area contributed by atoms with Gasteiger partial charge < -0.3 is 15.0 Å². The maximum atomic E-state index is 14.1. The van der Waals surface area contributed by atoms with E-state index in [1.165, 1.54) is 23.5 Å². The number of rotatable bonds is 7. The molecule has 228 valence electrons. The average Bonchev–Trinajstić information content (AvgIpc) is 3.65. The highest BCUT2D eigenvalue weighted by atomic mass is 32.1. The zero-order valence-electron chi connectivity index (χ0n) is 24.4. The highest BCUT2D eigenvalue weighted by molar-refractivity contribution is 7.08. The van der Waals surface area contributed by atoms with E-state index in [2.05, 4.69) is 25.3 Å². The molecule has 5 aromatic rings. The Labute approximate surface area is 255 Å². The summed E-state index contributed by atoms with van der Waals surface area (Å²) in [4.78, 5) is 26.7. The second-order valence-corrected chi connectivity index (χ2v) is 11.7. The number of likely N-dealkylation sites (N-methyl/N-ethyl adjacent to an activating group) is 1. The van der Waals surface area contributed by atoms with Crippen LogP contribution >= 0.6 is 11.3 Å². The van der Waals surface area contributed by atoms with Crippen LogP contribution in [0, 0.1) is 6.92 Å². The van der Waals surface area contributed by atoms with E-state index in [4.69, 9.17) is 4.74 Å². The lowest BCUT2D eigenvalue weighted by Crippen LogP contribution is -2.44. The van der Waals surface area contributed by atoms with Crippen molar-refractivity contribution in [2.45, 2.75) is 19.6 Å². The first-order valence-corrected chi connectivity index (χ1v) is 14.9. The number of carbonyl (C=O) groups is 1. The molecule has 4 heterocycles. The molecule has 0 aliphatic carbocycles. The van der Waals surface area contributed by atoms with E-state index in [1.54, 1.807) is 43.0 Å². The highest BCUT2D eigenvalue weighted by Crippen LogP contribution is 2.35. The lowest BCUT2D eigenvalue weighted by Gasteiger charge is -2.33. The number of anilines is 1. The van der Waals surface area contributed by atoms with Crippen LogP contribution in [0.15, 0.2) is 59.4 Å². The molecule has 1 amide bonds. The first-order valence-electron chi connectivity index (χ1n) is 14.0. The lowest BCUT2D eigenvalue weighted by molar-refractivity contribution is -0.138. The molecule has 9 nitrogen and oxygen atoms in total. The van der Waals surface area contributed by atoms with E-state index in [9.17, 15) is 18.0 Å². The number of nitrogens with zero attached hydrogens (tertiary/aromatic N) is 6. The molecular formula is C31H30F3N7O2S. The molecule has 13 heteroatoms. The summed E-state index contributed by atoms with van der Waals surface area (Å²) in [7, 11) is 3.77. The number of aryl methyl sites for hydroxylation is 2. The minimum atomic E-state index is -4.57. The molecule has 0 bridgehead atoms. The van der Waals surface area contributed by atoms with E-state index in [-0.39, 0.29) is 29.2 Å². The second kappa shape index (κ2) is 12.0. The number of ether oxygens (including phenoxy) is 1. The molecule has 0 saturated carbocycles. The van der Waals surface area contributed by atoms with Crippen molar-refractivity contribution in [2.24, 2.45) is 7.05 Å². The Hall–Kier alpha value is -4.33. The molecule has 1 aliphatic heterocycles. The molecule has 0 unspecified atom stereocenters. The molecule has 0 atom stereocenters. The van der Waals surface area contributed by atoms with E-state index >= 15 is 0 Å². The molecule has 44 heavy (non-hydrogen) atoms. The van der Waals surface area contributed by atoms with Crippen LogP contribution in [-0.2, 0) is 19.8 Å². The van der Waals surface area contributed by atoms with E-state index in [0.717, 1.165) is 24.7 Å². The van der Waals surface area contributed by atoms with Crippen molar-refractivity contribution in [3.8, 4) is 23.0 Å². The third kappa shape index (κ3) is 6.44. The first-order chi connectivity index (χ1) is 21.0. The number of aromatic nitrogens is 4. The lowest BCUT2D eigenvalue weighted by atomic mass is 10.0. The second-order valence-electron chi connectivity index (χ2n) is 10.9. The number of carbonyl (C=O) groups excluding carboxylic acids is 1. The van der Waals surface area contributed by atoms with Gasteiger partial charge in [-0.05, 0) is 60.8 Å². The van der Waals surface area contributed by atoms with Crippen molar-refractivity contribution in [2.75, 3.05) is 38.5 Å². The Morgan fingerprint density at radius 2 is 1.84 bits per heavy atom. The average molecular weight is 622 g/mol. The Morgan fingerprint density at radius 3 is 2.57 bits per heavy atom. The molecule has 0 spiro atoms. The van der Waals surface area contributed by atoms with Gasteiger partial charge in [-0.1, -0.05) is 12.1 Å². The van der Waals surface area contributed by atoms with Gasteiger partial charge in [0.1, 0.15) is 11.1 Å². The third-order valence-electron chi connectivity index (χ3n) is 7.57. The standard InChI is InChI=1S/C31H30F3N7O2S/c1-19-4-7-23(43-30-25-17-40(3)38-28(25)36-27(37-30)21-8-13-44-18-21)15-24(19)29(42)35-22-6-5-20(26(14-22)31(32,33)34)16-41-11-9-39(2)10-12-41/h4-8,13-15,17-18H,9-12,16H2,1-3H3,(H,35,42). The summed E-state index contributed by atoms with van der Waals surface area (Å²) in [6.45, 7) is 4.94. The minimum absolute atomic E-state index is 0.0587. The third-order valence-corrected chi connectivity index (χ3v) is 8.25. The number of thiophene rings is 1. The maximum Gasteiger partial charge on any atom is 0.416 e. The summed E-state index contributed by atoms with van der Waals surface area (Å²) in [5.74, 6) is 0.500. The Morgan fingerprint density at radius 1 is 1.05 bits per heavy atom. The molecule has 2 aromatic carbocycles. The van der Waals surface area contributed by atoms with Gasteiger partial charge in [-0.25, -0.2) is 4.98 Å². The van der Waals surface area contributed by atoms with Gasteiger partial charge in [0.15, 0.2) is 11.5 Å². The molecular weight excluding hydrogens is 591 g/mol. The van der Waals surface area contributed by atoms with Gasteiger partial charge in [0, 0.05) is 68.2 Å². The van der Waals surface area contributed by atoms with Gasteiger partial charge in [-0.15, -0.1) is 0 Å². The van der Waals surface area contributed by atoms with Crippen LogP contribution in [0.4, 0.5) is 18.9 Å². The van der Waals surface area contributed by atoms with Crippen molar-refractivity contribution < 1.29 is 22.7 Å². The van der Waals surface area contributed by atoms with Gasteiger partial charge in [-0.2, -0.15) is 34.6 Å². The number of hydrogen-bond acceptors (Lipinski definition) is 8. The molecule has 1 fully saturated rings. The van der Waals surface area contributed by atoms with Crippen LogP contribution in [0.2, 0.25) is 0 Å². The molecule has 0 radical (unpaired) electrons. The fraction of sp³-hybridized carbons (Fsp3) is 0.290. The zero-order chi connectivity index (χ0) is 31.0. The van der Waals surface area contributed by atoms with Crippen molar-refractivity contribution >= 4 is 34.0 Å². The largest absolute Gasteiger partial charge is 0.438 e. The topological polar surface area (TPSA) is 88.4 Å². The first kappa shape index (κ1) is 29.7. The summed E-state index contributed by atoms with van der Waals surface area (Å²) in [6.07, 6.45) is -2.82. The Kier molecular flexibility index (Phi) is 8.10. The fourth-order valence-electron chi connectivity index (χ4n) is 5.11. The summed E-state index contributed by atoms with van der Waals surface area (Å²) < 4.78 is 50.0. The molecule has 1 aliphatic rings. The summed E-state index contributed by atoms with van der Waals surface area (Å²) in [5, 5.41) is 11.5. The van der Waals surface area contributed by atoms with Crippen molar-refractivity contribution in [1.82, 2.24) is 29.5 Å². The number of nitrogens with one attached hydrogen (secondary N) is 1. The monoisotopic (exact) mass is 621 g/mol. The molecule has 1 N–H and O–H groups in total. The van der Waals surface area contributed by atoms with Crippen molar-refractivity contribution in [3.05, 3.63) is 81.7 Å². The van der Waals surface area contributed by atoms with Gasteiger partial charge in [0.25, 0.3) is 5.91 Å². The van der Waals surface area contributed by atoms with Crippen LogP contribution in [-0.4, -0.2) is 68.7 Å². The van der Waals surface area contributed by atoms with Crippen LogP contribution in [0.25, 0.3) is 22.4 Å². The van der Waals surface area contributed by atoms with Crippen molar-refractivity contribution in [1.29, 1.82) is 0 Å². The van der Waals surface area contributed by atoms with Gasteiger partial charge in [-0.3, -0.25) is 14.4 Å². The van der Waals surface area contributed by atoms with E-state index in [0.29, 0.717) is 41.3 Å². The van der Waals surface area contributed by atoms with Gasteiger partial charge in [0.2, 0.25) is 5.88 Å². The number of fused-ring (bicyclic) bond motifs is 1. The number of piperazine rings is 1. The predicted octanol–water partition coefficient (Wildman–Crippen LogP) is 6.21. The summed E-state index contributed by atoms with van der Waals surface area (Å²) >= 11 is 1.52. The molecule has 1 saturated heterocycles. The number of benzene rings is 2. The van der Waals surface area contributed by atoms with Crippen LogP contribution < -0.4 is 10.1 Å². The highest BCUT2D eigenvalue weighted by Gasteiger charge is 2.34. The number of amides is 1. The normalized spacial score (nSPS) is 14.7. The maximum absolute atomic E-state index is 14.1. The number of halogens is 3. The molecule has 3 aromatic heterocycles. The smallest absolute Gasteiger partial charge is 0.416 e. The predicted molar refractivity (Wildman–Crippen MR) is 163 cm³/mol. The Bertz CT molecular complexity index is 1810. The quantitative estimate of drug-likeness (QED) is 0.231. The minimum Gasteiger partial charge on any atom is -0.438 e. The number of alkyl halides is 3. The summed E-state index contributed by atoms with van der Waals surface area (Å²) in [6, 6.07) is 10.8. The zero-order valence-corrected chi connectivity index (χ0v) is 25.2. The van der Waals surface area contributed by atoms with E-state index < -0.39 is 17.6 Å². The van der Waals surface area contributed by atoms with Gasteiger partial charge >= 0.3 is 6.18 Å². The van der Waals surface area contributed by atoms with E-state index in [1.807, 2.05) is 28.8 Å². The fourth-order valence-corrected chi connectivity index (χ4v) is 5.75. The van der Waals surface area contributed by atoms with Gasteiger partial charge in [0.05, 0.1) is 5.56 Å². The molecule has 6 rings (SSSR count). The Balaban J connectivity index is 1.25. The SMILES string of the molecule is Cc1ccc(Oc2nc(-c3ccsc3)nc3nn(C)cc23)cc1C(=O)Nc1ccc(CN2CCN(C)CC2)c(C(F)(F)F)c1. The van der Waals surface area contributed by atoms with Crippen LogP contribution in [0.1, 0.15) is 27.0 Å². The van der Waals surface area contributed by atoms with Crippen LogP contribution in [0.3, 0.4) is 0 Å². The van der Waals surface area contributed by atoms with Crippen LogP contribution in [0.5, 0.6) is 11.6 Å².